The summed E-state index contributed by atoms with van der Waals surface area (Å²) < 4.78 is 1.98. The first-order valence-corrected chi connectivity index (χ1v) is 5.58. The van der Waals surface area contributed by atoms with Gasteiger partial charge in [0.2, 0.25) is 0 Å². The fourth-order valence-electron chi connectivity index (χ4n) is 1.78. The third kappa shape index (κ3) is 1.18. The molecule has 1 aliphatic heterocycles. The summed E-state index contributed by atoms with van der Waals surface area (Å²) in [6, 6.07) is 3.88. The van der Waals surface area contributed by atoms with Crippen LogP contribution in [-0.4, -0.2) is 20.5 Å². The summed E-state index contributed by atoms with van der Waals surface area (Å²) in [7, 11) is 0. The first kappa shape index (κ1) is 9.47. The van der Waals surface area contributed by atoms with Crippen molar-refractivity contribution in [2.24, 2.45) is 0 Å². The highest BCUT2D eigenvalue weighted by Gasteiger charge is 2.19. The summed E-state index contributed by atoms with van der Waals surface area (Å²) in [4.78, 5) is 15.6. The average molecular weight is 232 g/mol. The highest BCUT2D eigenvalue weighted by Crippen LogP contribution is 2.34. The van der Waals surface area contributed by atoms with Gasteiger partial charge in [-0.1, -0.05) is 17.8 Å². The molecule has 0 atom stereocenters. The topological polar surface area (TPSA) is 54.6 Å². The largest absolute Gasteiger partial charge is 0.477 e. The number of imidazole rings is 1. The molecule has 1 aliphatic rings. The number of thioether (sulfide) groups is 1. The number of aromatic nitrogens is 2. The van der Waals surface area contributed by atoms with Gasteiger partial charge in [0, 0.05) is 0 Å². The summed E-state index contributed by atoms with van der Waals surface area (Å²) in [6.45, 7) is 1.99. The zero-order valence-corrected chi connectivity index (χ0v) is 9.28. The van der Waals surface area contributed by atoms with Gasteiger partial charge in [-0.05, 0) is 24.6 Å². The second-order valence-corrected chi connectivity index (χ2v) is 4.67. The van der Waals surface area contributed by atoms with E-state index in [2.05, 4.69) is 4.98 Å². The lowest BCUT2D eigenvalue weighted by Gasteiger charge is -2.13. The Kier molecular flexibility index (Phi) is 1.85. The van der Waals surface area contributed by atoms with Gasteiger partial charge in [0.1, 0.15) is 10.6 Å². The van der Waals surface area contributed by atoms with Crippen LogP contribution in [-0.2, 0) is 4.79 Å². The summed E-state index contributed by atoms with van der Waals surface area (Å²) in [6.07, 6.45) is 3.36. The molecule has 3 rings (SSSR count). The lowest BCUT2D eigenvalue weighted by Crippen LogP contribution is -2.04. The Labute approximate surface area is 95.6 Å². The maximum absolute atomic E-state index is 11.0. The molecule has 80 valence electrons. The Morgan fingerprint density at radius 2 is 2.31 bits per heavy atom. The van der Waals surface area contributed by atoms with E-state index in [1.807, 2.05) is 23.5 Å². The van der Waals surface area contributed by atoms with Gasteiger partial charge in [-0.15, -0.1) is 0 Å². The lowest BCUT2D eigenvalue weighted by atomic mass is 10.3. The van der Waals surface area contributed by atoms with Gasteiger partial charge in [-0.3, -0.25) is 4.40 Å². The molecule has 1 N–H and O–H groups in total. The average Bonchev–Trinajstić information content (AvgIpc) is 2.68. The van der Waals surface area contributed by atoms with Crippen LogP contribution in [0.25, 0.3) is 11.7 Å². The predicted octanol–water partition coefficient (Wildman–Crippen LogP) is 2.17. The number of carbonyl (C=O) groups is 1. The molecule has 0 unspecified atom stereocenters. The number of nitrogens with zero attached hydrogens (tertiary/aromatic N) is 2. The molecule has 5 heteroatoms. The SMILES string of the molecule is Cc1ccc2n3c(cnc13)C=C(C(=O)O)S2. The molecule has 16 heavy (non-hydrogen) atoms. The van der Waals surface area contributed by atoms with Crippen LogP contribution in [0.3, 0.4) is 0 Å². The van der Waals surface area contributed by atoms with Crippen molar-refractivity contribution < 1.29 is 9.90 Å². The van der Waals surface area contributed by atoms with Crippen molar-refractivity contribution in [3.05, 3.63) is 34.5 Å². The number of aliphatic carboxylic acids is 1. The minimum absolute atomic E-state index is 0.332. The van der Waals surface area contributed by atoms with Crippen molar-refractivity contribution in [1.29, 1.82) is 0 Å². The van der Waals surface area contributed by atoms with Gasteiger partial charge >= 0.3 is 5.97 Å². The van der Waals surface area contributed by atoms with Crippen molar-refractivity contribution in [3.8, 4) is 0 Å². The van der Waals surface area contributed by atoms with Gasteiger partial charge in [-0.25, -0.2) is 9.78 Å². The highest BCUT2D eigenvalue weighted by molar-refractivity contribution is 8.04. The molecular weight excluding hydrogens is 224 g/mol. The van der Waals surface area contributed by atoms with Gasteiger partial charge < -0.3 is 5.11 Å². The fraction of sp³-hybridized carbons (Fsp3) is 0.0909. The molecule has 0 saturated carbocycles. The van der Waals surface area contributed by atoms with E-state index in [1.54, 1.807) is 12.3 Å². The summed E-state index contributed by atoms with van der Waals surface area (Å²) >= 11 is 1.26. The van der Waals surface area contributed by atoms with Gasteiger partial charge in [0.05, 0.1) is 16.9 Å². The summed E-state index contributed by atoms with van der Waals surface area (Å²) in [5, 5.41) is 9.89. The molecule has 0 aromatic carbocycles. The molecule has 0 aliphatic carbocycles. The second kappa shape index (κ2) is 3.12. The van der Waals surface area contributed by atoms with E-state index in [1.165, 1.54) is 11.8 Å². The molecule has 0 fully saturated rings. The molecule has 0 bridgehead atoms. The van der Waals surface area contributed by atoms with Crippen LogP contribution in [0.5, 0.6) is 0 Å². The zero-order valence-electron chi connectivity index (χ0n) is 8.47. The van der Waals surface area contributed by atoms with Crippen molar-refractivity contribution in [2.75, 3.05) is 0 Å². The third-order valence-electron chi connectivity index (χ3n) is 2.54. The summed E-state index contributed by atoms with van der Waals surface area (Å²) in [5.74, 6) is -0.897. The Hall–Kier alpha value is -1.75. The predicted molar refractivity (Wildman–Crippen MR) is 61.4 cm³/mol. The fourth-order valence-corrected chi connectivity index (χ4v) is 2.70. The molecular formula is C11H8N2O2S. The number of hydrogen-bond donors (Lipinski definition) is 1. The van der Waals surface area contributed by atoms with Crippen LogP contribution in [0.4, 0.5) is 0 Å². The number of pyridine rings is 1. The van der Waals surface area contributed by atoms with Gasteiger partial charge in [0.15, 0.2) is 0 Å². The molecule has 4 nitrogen and oxygen atoms in total. The van der Waals surface area contributed by atoms with E-state index in [0.717, 1.165) is 21.9 Å². The first-order valence-electron chi connectivity index (χ1n) is 4.77. The lowest BCUT2D eigenvalue weighted by molar-refractivity contribution is -0.131. The third-order valence-corrected chi connectivity index (χ3v) is 3.58. The molecule has 0 amide bonds. The zero-order chi connectivity index (χ0) is 11.3. The smallest absolute Gasteiger partial charge is 0.342 e. The molecule has 0 radical (unpaired) electrons. The Morgan fingerprint density at radius 1 is 1.50 bits per heavy atom. The number of aryl methyl sites for hydroxylation is 1. The van der Waals surface area contributed by atoms with E-state index in [0.29, 0.717) is 4.91 Å². The molecule has 0 saturated heterocycles. The van der Waals surface area contributed by atoms with E-state index < -0.39 is 5.97 Å². The number of rotatable bonds is 1. The quantitative estimate of drug-likeness (QED) is 0.818. The summed E-state index contributed by atoms with van der Waals surface area (Å²) in [5.41, 5.74) is 2.80. The van der Waals surface area contributed by atoms with Crippen molar-refractivity contribution in [2.45, 2.75) is 11.9 Å². The minimum atomic E-state index is -0.897. The molecule has 0 spiro atoms. The normalized spacial score (nSPS) is 13.9. The van der Waals surface area contributed by atoms with Crippen LogP contribution in [0, 0.1) is 6.92 Å². The molecule has 2 aromatic heterocycles. The maximum atomic E-state index is 11.0. The van der Waals surface area contributed by atoms with Gasteiger partial charge in [0.25, 0.3) is 0 Å². The monoisotopic (exact) mass is 232 g/mol. The van der Waals surface area contributed by atoms with Crippen molar-refractivity contribution in [3.63, 3.8) is 0 Å². The van der Waals surface area contributed by atoms with Crippen molar-refractivity contribution >= 4 is 29.5 Å². The number of hydrogen-bond acceptors (Lipinski definition) is 3. The van der Waals surface area contributed by atoms with Crippen LogP contribution in [0.15, 0.2) is 28.3 Å². The highest BCUT2D eigenvalue weighted by atomic mass is 32.2. The van der Waals surface area contributed by atoms with E-state index in [4.69, 9.17) is 5.11 Å². The van der Waals surface area contributed by atoms with Gasteiger partial charge in [-0.2, -0.15) is 0 Å². The van der Waals surface area contributed by atoms with E-state index in [9.17, 15) is 4.79 Å². The number of carboxylic acids is 1. The minimum Gasteiger partial charge on any atom is -0.477 e. The van der Waals surface area contributed by atoms with E-state index >= 15 is 0 Å². The van der Waals surface area contributed by atoms with Crippen molar-refractivity contribution in [1.82, 2.24) is 9.38 Å². The van der Waals surface area contributed by atoms with Crippen LogP contribution >= 0.6 is 11.8 Å². The Balaban J connectivity index is 2.34. The Bertz CT molecular complexity index is 643. The molecule has 2 aromatic rings. The standard InChI is InChI=1S/C11H8N2O2S/c1-6-2-3-9-13-7(5-12-10(6)13)4-8(16-9)11(14)15/h2-5H,1H3,(H,14,15). The first-order chi connectivity index (χ1) is 7.66. The second-order valence-electron chi connectivity index (χ2n) is 3.61. The van der Waals surface area contributed by atoms with E-state index in [-0.39, 0.29) is 0 Å². The van der Waals surface area contributed by atoms with Crippen LogP contribution in [0.2, 0.25) is 0 Å². The van der Waals surface area contributed by atoms with Crippen LogP contribution < -0.4 is 0 Å². The van der Waals surface area contributed by atoms with Crippen LogP contribution in [0.1, 0.15) is 11.3 Å². The maximum Gasteiger partial charge on any atom is 0.342 e. The number of carboxylic acid groups (broad SMARTS) is 1. The Morgan fingerprint density at radius 3 is 3.06 bits per heavy atom. The molecule has 3 heterocycles.